The molecule has 0 radical (unpaired) electrons. The van der Waals surface area contributed by atoms with Gasteiger partial charge < -0.3 is 10.2 Å². The number of alkyl halides is 1. The zero-order valence-corrected chi connectivity index (χ0v) is 28.9. The zero-order chi connectivity index (χ0) is 34.6. The number of carbonyl (C=O) groups is 3. The van der Waals surface area contributed by atoms with Crippen LogP contribution in [0, 0.1) is 11.6 Å². The number of allylic oxidation sites excluding steroid dienone is 5. The molecule has 0 atom stereocenters. The van der Waals surface area contributed by atoms with Crippen LogP contribution in [-0.2, 0) is 19.8 Å². The molecule has 3 aromatic carbocycles. The van der Waals surface area contributed by atoms with E-state index in [1.165, 1.54) is 54.6 Å². The normalized spacial score (nSPS) is 16.7. The average molecular weight is 707 g/mol. The van der Waals surface area contributed by atoms with Crippen molar-refractivity contribution in [3.8, 4) is 0 Å². The van der Waals surface area contributed by atoms with Gasteiger partial charge in [0.1, 0.15) is 23.1 Å². The van der Waals surface area contributed by atoms with Crippen LogP contribution in [-0.4, -0.2) is 48.1 Å². The SMILES string of the molecule is CSc1ccc2c(c1)C(C)(C)/C(=C\C=C\C=C1C(=O)N(c3ccc(F)cc3)C(=S)N(c3ccc(F)cc3)C1=O)N2CCCNC(=O)CCl. The number of benzene rings is 3. The predicted octanol–water partition coefficient (Wildman–Crippen LogP) is 7.26. The van der Waals surface area contributed by atoms with Crippen LogP contribution in [0.3, 0.4) is 0 Å². The first-order valence-corrected chi connectivity index (χ1v) is 17.3. The third kappa shape index (κ3) is 7.08. The average Bonchev–Trinajstić information content (AvgIpc) is 3.28. The molecule has 0 unspecified atom stereocenters. The second kappa shape index (κ2) is 14.8. The number of fused-ring (bicyclic) bond motifs is 1. The standard InChI is InChI=1S/C36H33ClF2N4O3S2/c1-36(2)29-21-27(48-3)17-18-30(29)41(20-6-19-40-32(44)22-37)31(36)8-5-4-7-28-33(45)42(25-13-9-23(38)10-14-25)35(47)43(34(28)46)26-15-11-24(39)12-16-26/h4-5,7-18,21H,6,19-20,22H2,1-3H3,(H,40,44)/b5-4+,31-8+. The van der Waals surface area contributed by atoms with Crippen molar-refractivity contribution in [1.29, 1.82) is 0 Å². The van der Waals surface area contributed by atoms with E-state index >= 15 is 0 Å². The molecule has 0 spiro atoms. The summed E-state index contributed by atoms with van der Waals surface area (Å²) < 4.78 is 27.5. The van der Waals surface area contributed by atoms with Gasteiger partial charge in [0.05, 0.1) is 11.4 Å². The molecular weight excluding hydrogens is 674 g/mol. The van der Waals surface area contributed by atoms with E-state index in [9.17, 15) is 23.2 Å². The van der Waals surface area contributed by atoms with Gasteiger partial charge in [-0.05, 0) is 109 Å². The van der Waals surface area contributed by atoms with E-state index in [1.54, 1.807) is 23.9 Å². The molecule has 48 heavy (non-hydrogen) atoms. The Labute approximate surface area is 292 Å². The molecule has 2 aliphatic heterocycles. The van der Waals surface area contributed by atoms with Crippen molar-refractivity contribution in [2.45, 2.75) is 30.6 Å². The van der Waals surface area contributed by atoms with Crippen LogP contribution in [0.15, 0.2) is 107 Å². The zero-order valence-electron chi connectivity index (χ0n) is 26.5. The topological polar surface area (TPSA) is 73.0 Å². The van der Waals surface area contributed by atoms with E-state index in [1.807, 2.05) is 12.3 Å². The fourth-order valence-electron chi connectivity index (χ4n) is 5.72. The summed E-state index contributed by atoms with van der Waals surface area (Å²) in [5.74, 6) is -2.66. The van der Waals surface area contributed by atoms with Crippen molar-refractivity contribution >= 4 is 75.5 Å². The summed E-state index contributed by atoms with van der Waals surface area (Å²) in [4.78, 5) is 44.9. The second-order valence-corrected chi connectivity index (χ2v) is 13.0. The minimum absolute atomic E-state index is 0.0946. The van der Waals surface area contributed by atoms with E-state index in [4.69, 9.17) is 23.8 Å². The Bertz CT molecular complexity index is 1770. The second-order valence-electron chi connectivity index (χ2n) is 11.5. The minimum atomic E-state index is -0.675. The summed E-state index contributed by atoms with van der Waals surface area (Å²) >= 11 is 12.9. The van der Waals surface area contributed by atoms with Crippen LogP contribution in [0.2, 0.25) is 0 Å². The molecule has 7 nitrogen and oxygen atoms in total. The van der Waals surface area contributed by atoms with E-state index in [0.29, 0.717) is 19.5 Å². The quantitative estimate of drug-likeness (QED) is 0.0598. The number of rotatable bonds is 10. The van der Waals surface area contributed by atoms with Gasteiger partial charge in [-0.15, -0.1) is 23.4 Å². The first-order valence-electron chi connectivity index (χ1n) is 15.1. The maximum Gasteiger partial charge on any atom is 0.270 e. The van der Waals surface area contributed by atoms with Gasteiger partial charge in [0.15, 0.2) is 5.11 Å². The van der Waals surface area contributed by atoms with Gasteiger partial charge in [-0.3, -0.25) is 24.2 Å². The molecule has 5 rings (SSSR count). The summed E-state index contributed by atoms with van der Waals surface area (Å²) in [6, 6.07) is 16.7. The summed E-state index contributed by atoms with van der Waals surface area (Å²) in [6.45, 7) is 5.38. The van der Waals surface area contributed by atoms with Crippen molar-refractivity contribution < 1.29 is 23.2 Å². The Morgan fingerprint density at radius 3 is 2.02 bits per heavy atom. The van der Waals surface area contributed by atoms with Gasteiger partial charge >= 0.3 is 0 Å². The molecule has 2 heterocycles. The molecule has 3 aromatic rings. The van der Waals surface area contributed by atoms with E-state index in [0.717, 1.165) is 31.6 Å². The fourth-order valence-corrected chi connectivity index (χ4v) is 6.63. The number of thiocarbonyl (C=S) groups is 1. The number of nitrogens with zero attached hydrogens (tertiary/aromatic N) is 3. The van der Waals surface area contributed by atoms with Crippen molar-refractivity contribution in [1.82, 2.24) is 5.32 Å². The Balaban J connectivity index is 1.49. The molecule has 0 aliphatic carbocycles. The lowest BCUT2D eigenvalue weighted by molar-refractivity contribution is -0.121. The van der Waals surface area contributed by atoms with Gasteiger partial charge in [0, 0.05) is 34.8 Å². The molecule has 12 heteroatoms. The van der Waals surface area contributed by atoms with Crippen molar-refractivity contribution in [2.75, 3.05) is 39.9 Å². The van der Waals surface area contributed by atoms with Gasteiger partial charge in [0.25, 0.3) is 11.8 Å². The van der Waals surface area contributed by atoms with Gasteiger partial charge in [-0.1, -0.05) is 26.0 Å². The summed E-state index contributed by atoms with van der Waals surface area (Å²) in [5, 5.41) is 2.67. The van der Waals surface area contributed by atoms with E-state index < -0.39 is 23.4 Å². The lowest BCUT2D eigenvalue weighted by Gasteiger charge is -2.36. The molecule has 1 fully saturated rings. The summed E-state index contributed by atoms with van der Waals surface area (Å²) in [7, 11) is 0. The van der Waals surface area contributed by atoms with Crippen molar-refractivity contribution in [3.05, 3.63) is 120 Å². The number of halogens is 3. The highest BCUT2D eigenvalue weighted by molar-refractivity contribution is 7.98. The number of hydrogen-bond donors (Lipinski definition) is 1. The van der Waals surface area contributed by atoms with E-state index in [-0.39, 0.29) is 39.3 Å². The molecular formula is C36H33ClF2N4O3S2. The molecule has 0 saturated carbocycles. The molecule has 248 valence electrons. The highest BCUT2D eigenvalue weighted by atomic mass is 35.5. The number of hydrogen-bond acceptors (Lipinski definition) is 6. The molecule has 2 aliphatic rings. The molecule has 0 aromatic heterocycles. The maximum absolute atomic E-state index is 13.8. The Hall–Kier alpha value is -4.32. The van der Waals surface area contributed by atoms with Gasteiger partial charge in [-0.2, -0.15) is 0 Å². The van der Waals surface area contributed by atoms with Crippen LogP contribution in [0.25, 0.3) is 0 Å². The highest BCUT2D eigenvalue weighted by Crippen LogP contribution is 2.48. The number of amides is 3. The highest BCUT2D eigenvalue weighted by Gasteiger charge is 2.42. The smallest absolute Gasteiger partial charge is 0.270 e. The monoisotopic (exact) mass is 706 g/mol. The van der Waals surface area contributed by atoms with Crippen LogP contribution < -0.4 is 20.0 Å². The maximum atomic E-state index is 13.8. The largest absolute Gasteiger partial charge is 0.355 e. The molecule has 1 N–H and O–H groups in total. The third-order valence-corrected chi connectivity index (χ3v) is 9.48. The first-order chi connectivity index (χ1) is 23.0. The Morgan fingerprint density at radius 2 is 1.48 bits per heavy atom. The first kappa shape index (κ1) is 35.0. The van der Waals surface area contributed by atoms with Crippen LogP contribution in [0.4, 0.5) is 25.8 Å². The van der Waals surface area contributed by atoms with Crippen LogP contribution in [0.5, 0.6) is 0 Å². The number of anilines is 3. The van der Waals surface area contributed by atoms with E-state index in [2.05, 4.69) is 42.3 Å². The summed E-state index contributed by atoms with van der Waals surface area (Å²) in [6.07, 6.45) is 9.46. The molecule has 0 bridgehead atoms. The van der Waals surface area contributed by atoms with Crippen molar-refractivity contribution in [3.63, 3.8) is 0 Å². The third-order valence-electron chi connectivity index (χ3n) is 8.15. The molecule has 3 amide bonds. The number of nitrogens with one attached hydrogen (secondary N) is 1. The van der Waals surface area contributed by atoms with Crippen molar-refractivity contribution in [2.24, 2.45) is 0 Å². The lowest BCUT2D eigenvalue weighted by atomic mass is 9.83. The summed E-state index contributed by atoms with van der Waals surface area (Å²) in [5.41, 5.74) is 3.21. The Kier molecular flexibility index (Phi) is 10.8. The van der Waals surface area contributed by atoms with Gasteiger partial charge in [0.2, 0.25) is 5.91 Å². The fraction of sp³-hybridized carbons (Fsp3) is 0.222. The van der Waals surface area contributed by atoms with Crippen LogP contribution >= 0.6 is 35.6 Å². The van der Waals surface area contributed by atoms with Gasteiger partial charge in [-0.25, -0.2) is 8.78 Å². The minimum Gasteiger partial charge on any atom is -0.355 e. The Morgan fingerprint density at radius 1 is 0.917 bits per heavy atom. The lowest BCUT2D eigenvalue weighted by Crippen LogP contribution is -2.57. The number of carbonyl (C=O) groups excluding carboxylic acids is 3. The molecule has 1 saturated heterocycles. The predicted molar refractivity (Wildman–Crippen MR) is 193 cm³/mol. The van der Waals surface area contributed by atoms with Crippen LogP contribution in [0.1, 0.15) is 25.8 Å². The number of thioether (sulfide) groups is 1.